The van der Waals surface area contributed by atoms with Crippen molar-refractivity contribution in [3.05, 3.63) is 24.0 Å². The van der Waals surface area contributed by atoms with Crippen LogP contribution in [0.15, 0.2) is 17.0 Å². The third-order valence-corrected chi connectivity index (χ3v) is 5.50. The number of amides is 2. The summed E-state index contributed by atoms with van der Waals surface area (Å²) in [6, 6.07) is 0. The van der Waals surface area contributed by atoms with Gasteiger partial charge in [0.2, 0.25) is 16.9 Å². The molecule has 2 aromatic heterocycles. The highest BCUT2D eigenvalue weighted by molar-refractivity contribution is 8.01. The molecule has 0 aromatic carbocycles. The molecule has 10 nitrogen and oxygen atoms in total. The van der Waals surface area contributed by atoms with E-state index in [4.69, 9.17) is 0 Å². The number of anilines is 2. The molecule has 2 N–H and O–H groups in total. The summed E-state index contributed by atoms with van der Waals surface area (Å²) >= 11 is 2.71. The van der Waals surface area contributed by atoms with E-state index in [2.05, 4.69) is 37.2 Å². The van der Waals surface area contributed by atoms with Gasteiger partial charge < -0.3 is 15.4 Å². The second-order valence-corrected chi connectivity index (χ2v) is 7.74. The average molecular weight is 425 g/mol. The minimum Gasteiger partial charge on any atom is -0.464 e. The Labute approximate surface area is 169 Å². The minimum atomic E-state index is -0.654. The first kappa shape index (κ1) is 21.6. The number of hydrogen-bond donors (Lipinski definition) is 2. The number of methoxy groups -OCH3 is 1. The van der Waals surface area contributed by atoms with Gasteiger partial charge in [-0.2, -0.15) is 5.10 Å². The number of carbonyl (C=O) groups is 3. The molecule has 0 fully saturated rings. The van der Waals surface area contributed by atoms with E-state index in [1.165, 1.54) is 34.9 Å². The molecule has 2 amide bonds. The summed E-state index contributed by atoms with van der Waals surface area (Å²) in [5, 5.41) is 17.4. The molecule has 2 aromatic rings. The van der Waals surface area contributed by atoms with Gasteiger partial charge in [-0.1, -0.05) is 29.2 Å². The molecule has 0 aliphatic carbocycles. The van der Waals surface area contributed by atoms with Gasteiger partial charge in [-0.15, -0.1) is 16.8 Å². The molecular formula is C16H20N6O4S2. The number of aryl methyl sites for hydroxylation is 1. The summed E-state index contributed by atoms with van der Waals surface area (Å²) in [6.07, 6.45) is 1.63. The number of nitrogens with one attached hydrogen (secondary N) is 2. The van der Waals surface area contributed by atoms with E-state index in [0.29, 0.717) is 16.6 Å². The molecule has 0 aliphatic heterocycles. The largest absolute Gasteiger partial charge is 0.464 e. The van der Waals surface area contributed by atoms with Gasteiger partial charge in [-0.05, 0) is 6.92 Å². The zero-order chi connectivity index (χ0) is 20.7. The SMILES string of the molecule is C=CCSc1nnc(NC(=O)CCC(=O)Nc2c(C(=O)OC)nn(C)c2C)s1. The standard InChI is InChI=1S/C16H20N6O4S2/c1-5-8-27-16-20-19-15(28-16)18-11(24)7-6-10(23)17-12-9(2)22(3)21-13(12)14(25)26-4/h5H,1,6-8H2,2-4H3,(H,17,23)(H,18,19,24). The summed E-state index contributed by atoms with van der Waals surface area (Å²) in [6.45, 7) is 5.33. The third kappa shape index (κ3) is 5.63. The number of thioether (sulfide) groups is 1. The summed E-state index contributed by atoms with van der Waals surface area (Å²) < 4.78 is 6.85. The summed E-state index contributed by atoms with van der Waals surface area (Å²) in [7, 11) is 2.88. The van der Waals surface area contributed by atoms with Crippen LogP contribution in [0.3, 0.4) is 0 Å². The van der Waals surface area contributed by atoms with Gasteiger partial charge in [-0.25, -0.2) is 4.79 Å². The normalized spacial score (nSPS) is 10.4. The lowest BCUT2D eigenvalue weighted by Crippen LogP contribution is -2.18. The van der Waals surface area contributed by atoms with Crippen molar-refractivity contribution in [2.45, 2.75) is 24.1 Å². The van der Waals surface area contributed by atoms with Crippen molar-refractivity contribution in [3.8, 4) is 0 Å². The molecule has 0 radical (unpaired) electrons. The van der Waals surface area contributed by atoms with Gasteiger partial charge in [0, 0.05) is 25.6 Å². The topological polar surface area (TPSA) is 128 Å². The summed E-state index contributed by atoms with van der Waals surface area (Å²) in [5.74, 6) is -0.735. The maximum absolute atomic E-state index is 12.2. The molecule has 0 bridgehead atoms. The first-order valence-corrected chi connectivity index (χ1v) is 9.94. The minimum absolute atomic E-state index is 0.0127. The molecular weight excluding hydrogens is 404 g/mol. The second-order valence-electron chi connectivity index (χ2n) is 5.49. The summed E-state index contributed by atoms with van der Waals surface area (Å²) in [4.78, 5) is 36.0. The lowest BCUT2D eigenvalue weighted by atomic mass is 10.2. The Bertz CT molecular complexity index is 892. The van der Waals surface area contributed by atoms with Gasteiger partial charge >= 0.3 is 5.97 Å². The molecule has 0 saturated heterocycles. The van der Waals surface area contributed by atoms with Gasteiger partial charge in [0.25, 0.3) is 0 Å². The van der Waals surface area contributed by atoms with E-state index in [9.17, 15) is 14.4 Å². The smallest absolute Gasteiger partial charge is 0.360 e. The van der Waals surface area contributed by atoms with E-state index >= 15 is 0 Å². The van der Waals surface area contributed by atoms with Crippen LogP contribution in [0.2, 0.25) is 0 Å². The monoisotopic (exact) mass is 424 g/mol. The molecule has 0 saturated carbocycles. The van der Waals surface area contributed by atoms with Crippen molar-refractivity contribution in [3.63, 3.8) is 0 Å². The van der Waals surface area contributed by atoms with Crippen molar-refractivity contribution in [1.82, 2.24) is 20.0 Å². The van der Waals surface area contributed by atoms with Crippen LogP contribution in [0.4, 0.5) is 10.8 Å². The number of ether oxygens (including phenoxy) is 1. The van der Waals surface area contributed by atoms with Crippen molar-refractivity contribution < 1.29 is 19.1 Å². The van der Waals surface area contributed by atoms with E-state index in [1.54, 1.807) is 20.0 Å². The van der Waals surface area contributed by atoms with Crippen LogP contribution in [-0.2, 0) is 21.4 Å². The molecule has 2 rings (SSSR count). The predicted molar refractivity (Wildman–Crippen MR) is 107 cm³/mol. The number of nitrogens with zero attached hydrogens (tertiary/aromatic N) is 4. The predicted octanol–water partition coefficient (Wildman–Crippen LogP) is 2.00. The molecule has 0 unspecified atom stereocenters. The summed E-state index contributed by atoms with van der Waals surface area (Å²) in [5.41, 5.74) is 0.878. The zero-order valence-electron chi connectivity index (χ0n) is 15.6. The Morgan fingerprint density at radius 2 is 1.93 bits per heavy atom. The van der Waals surface area contributed by atoms with Crippen molar-refractivity contribution in [1.29, 1.82) is 0 Å². The number of esters is 1. The fourth-order valence-corrected chi connectivity index (χ4v) is 3.59. The van der Waals surface area contributed by atoms with Crippen molar-refractivity contribution in [2.75, 3.05) is 23.5 Å². The molecule has 0 spiro atoms. The molecule has 12 heteroatoms. The van der Waals surface area contributed by atoms with Crippen LogP contribution < -0.4 is 10.6 Å². The third-order valence-electron chi connectivity index (χ3n) is 3.53. The quantitative estimate of drug-likeness (QED) is 0.271. The van der Waals surface area contributed by atoms with E-state index in [0.717, 1.165) is 4.34 Å². The van der Waals surface area contributed by atoms with Gasteiger partial charge in [0.1, 0.15) is 0 Å². The van der Waals surface area contributed by atoms with E-state index < -0.39 is 11.9 Å². The maximum Gasteiger partial charge on any atom is 0.360 e. The lowest BCUT2D eigenvalue weighted by Gasteiger charge is -2.06. The molecule has 2 heterocycles. The van der Waals surface area contributed by atoms with Gasteiger partial charge in [-0.3, -0.25) is 14.3 Å². The van der Waals surface area contributed by atoms with Crippen LogP contribution in [0.5, 0.6) is 0 Å². The first-order chi connectivity index (χ1) is 13.3. The van der Waals surface area contributed by atoms with Gasteiger partial charge in [0.15, 0.2) is 10.0 Å². The average Bonchev–Trinajstić information content (AvgIpc) is 3.23. The molecule has 28 heavy (non-hydrogen) atoms. The van der Waals surface area contributed by atoms with Crippen LogP contribution in [0.25, 0.3) is 0 Å². The van der Waals surface area contributed by atoms with Crippen LogP contribution in [-0.4, -0.2) is 50.6 Å². The van der Waals surface area contributed by atoms with Crippen molar-refractivity contribution >= 4 is 51.7 Å². The highest BCUT2D eigenvalue weighted by atomic mass is 32.2. The van der Waals surface area contributed by atoms with Crippen LogP contribution >= 0.6 is 23.1 Å². The fraction of sp³-hybridized carbons (Fsp3) is 0.375. The Morgan fingerprint density at radius 3 is 2.57 bits per heavy atom. The number of hydrogen-bond acceptors (Lipinski definition) is 9. The van der Waals surface area contributed by atoms with E-state index in [1.807, 2.05) is 0 Å². The highest BCUT2D eigenvalue weighted by Gasteiger charge is 2.22. The van der Waals surface area contributed by atoms with Gasteiger partial charge in [0.05, 0.1) is 18.5 Å². The number of carbonyl (C=O) groups excluding carboxylic acids is 3. The zero-order valence-corrected chi connectivity index (χ0v) is 17.3. The van der Waals surface area contributed by atoms with Crippen LogP contribution in [0, 0.1) is 6.92 Å². The number of rotatable bonds is 9. The molecule has 0 aliphatic rings. The number of aromatic nitrogens is 4. The Balaban J connectivity index is 1.89. The first-order valence-electron chi connectivity index (χ1n) is 8.14. The highest BCUT2D eigenvalue weighted by Crippen LogP contribution is 2.25. The fourth-order valence-electron chi connectivity index (χ4n) is 2.06. The Hall–Kier alpha value is -2.73. The van der Waals surface area contributed by atoms with Crippen molar-refractivity contribution in [2.24, 2.45) is 7.05 Å². The van der Waals surface area contributed by atoms with Crippen LogP contribution in [0.1, 0.15) is 29.0 Å². The second kappa shape index (κ2) is 9.99. The maximum atomic E-state index is 12.2. The molecule has 0 atom stereocenters. The molecule has 150 valence electrons. The Kier molecular flexibility index (Phi) is 7.70. The van der Waals surface area contributed by atoms with E-state index in [-0.39, 0.29) is 30.1 Å². The Morgan fingerprint density at radius 1 is 1.25 bits per heavy atom. The lowest BCUT2D eigenvalue weighted by molar-refractivity contribution is -0.121.